The summed E-state index contributed by atoms with van der Waals surface area (Å²) in [4.78, 5) is 32.5. The first-order valence-electron chi connectivity index (χ1n) is 5.32. The van der Waals surface area contributed by atoms with Gasteiger partial charge < -0.3 is 0 Å². The third-order valence-electron chi connectivity index (χ3n) is 2.42. The van der Waals surface area contributed by atoms with Gasteiger partial charge in [0.15, 0.2) is 0 Å². The topological polar surface area (TPSA) is 112 Å². The molecule has 0 radical (unpaired) electrons. The van der Waals surface area contributed by atoms with Crippen LogP contribution in [0, 0.1) is 5.92 Å². The molecule has 6 nitrogen and oxygen atoms in total. The van der Waals surface area contributed by atoms with E-state index in [1.807, 2.05) is 13.8 Å². The third kappa shape index (κ3) is 7.19. The van der Waals surface area contributed by atoms with Crippen LogP contribution >= 0.6 is 0 Å². The van der Waals surface area contributed by atoms with E-state index in [1.54, 1.807) is 0 Å². The van der Waals surface area contributed by atoms with Gasteiger partial charge in [0, 0.05) is 0 Å². The van der Waals surface area contributed by atoms with Crippen LogP contribution in [0.3, 0.4) is 0 Å². The molecular weight excluding hydrogens is 335 g/mol. The van der Waals surface area contributed by atoms with E-state index in [4.69, 9.17) is 15.3 Å². The molecule has 0 amide bonds. The second kappa shape index (κ2) is 6.83. The molecule has 0 bridgehead atoms. The van der Waals surface area contributed by atoms with E-state index in [9.17, 15) is 14.4 Å². The Morgan fingerprint density at radius 3 is 1.35 bits per heavy atom. The quantitative estimate of drug-likeness (QED) is 0.568. The van der Waals surface area contributed by atoms with E-state index in [2.05, 4.69) is 0 Å². The van der Waals surface area contributed by atoms with Crippen LogP contribution in [-0.2, 0) is 14.4 Å². The summed E-state index contributed by atoms with van der Waals surface area (Å²) in [6.07, 6.45) is 0. The molecule has 0 rings (SSSR count). The van der Waals surface area contributed by atoms with E-state index >= 15 is 0 Å². The second-order valence-corrected chi connectivity index (χ2v) is 17.6. The van der Waals surface area contributed by atoms with Gasteiger partial charge in [-0.15, -0.1) is 0 Å². The Balaban J connectivity index is 5.09. The third-order valence-corrected chi connectivity index (χ3v) is 16.2. The summed E-state index contributed by atoms with van der Waals surface area (Å²) in [6.45, 7) is 3.72. The molecule has 0 atom stereocenters. The molecule has 0 saturated carbocycles. The summed E-state index contributed by atoms with van der Waals surface area (Å²) in [5.41, 5.74) is 0. The van der Waals surface area contributed by atoms with Gasteiger partial charge >= 0.3 is 104 Å². The van der Waals surface area contributed by atoms with Crippen molar-refractivity contribution < 1.29 is 29.7 Å². The Morgan fingerprint density at radius 2 is 1.18 bits per heavy atom. The van der Waals surface area contributed by atoms with Gasteiger partial charge in [-0.3, -0.25) is 0 Å². The molecule has 0 heterocycles. The Bertz CT molecular complexity index is 271. The Labute approximate surface area is 104 Å². The fourth-order valence-electron chi connectivity index (χ4n) is 2.23. The SMILES string of the molecule is CC(C)[CH2][Sn]([CH2]C(=O)O)([CH2]C(=O)O)[CH2]C(=O)O. The molecule has 0 fully saturated rings. The zero-order valence-corrected chi connectivity index (χ0v) is 12.8. The number of hydrogen-bond acceptors (Lipinski definition) is 3. The van der Waals surface area contributed by atoms with Gasteiger partial charge in [-0.05, 0) is 0 Å². The number of carbonyl (C=O) groups is 3. The van der Waals surface area contributed by atoms with E-state index in [1.165, 1.54) is 0 Å². The normalized spacial score (nSPS) is 11.5. The Hall–Kier alpha value is -0.791. The van der Waals surface area contributed by atoms with Crippen LogP contribution in [-0.4, -0.2) is 51.6 Å². The molecule has 0 aliphatic heterocycles. The maximum atomic E-state index is 10.8. The van der Waals surface area contributed by atoms with E-state index < -0.39 is 36.3 Å². The molecule has 0 unspecified atom stereocenters. The number of hydrogen-bond donors (Lipinski definition) is 3. The van der Waals surface area contributed by atoms with Crippen molar-refractivity contribution >= 4 is 36.3 Å². The predicted molar refractivity (Wildman–Crippen MR) is 62.7 cm³/mol. The van der Waals surface area contributed by atoms with Crippen LogP contribution in [0.15, 0.2) is 0 Å². The fourth-order valence-corrected chi connectivity index (χ4v) is 15.0. The molecule has 17 heavy (non-hydrogen) atoms. The minimum atomic E-state index is -3.68. The van der Waals surface area contributed by atoms with Crippen molar-refractivity contribution in [2.75, 3.05) is 0 Å². The summed E-state index contributed by atoms with van der Waals surface area (Å²) in [5.74, 6) is -3.11. The predicted octanol–water partition coefficient (Wildman–Crippen LogP) is 1.34. The standard InChI is InChI=1S/C4H9.3C2H3O2.Sn/c1-4(2)3;3*1-2(3)4;/h4H,1H2,2-3H3;3*1H2,(H,3,4);. The van der Waals surface area contributed by atoms with Crippen molar-refractivity contribution in [3.8, 4) is 0 Å². The first-order chi connectivity index (χ1) is 7.67. The molecule has 3 N–H and O–H groups in total. The van der Waals surface area contributed by atoms with Crippen LogP contribution in [0.4, 0.5) is 0 Å². The van der Waals surface area contributed by atoms with Crippen molar-refractivity contribution in [1.82, 2.24) is 0 Å². The monoisotopic (exact) mass is 354 g/mol. The summed E-state index contributed by atoms with van der Waals surface area (Å²) in [7, 11) is 0. The minimum absolute atomic E-state index is 0.129. The van der Waals surface area contributed by atoms with E-state index in [0.717, 1.165) is 0 Å². The molecule has 0 aromatic carbocycles. The van der Waals surface area contributed by atoms with Gasteiger partial charge in [0.2, 0.25) is 0 Å². The number of aliphatic carboxylic acids is 3. The first-order valence-corrected chi connectivity index (χ1v) is 13.4. The van der Waals surface area contributed by atoms with Crippen LogP contribution in [0.1, 0.15) is 13.8 Å². The van der Waals surface area contributed by atoms with Crippen LogP contribution in [0.25, 0.3) is 0 Å². The molecule has 0 aromatic heterocycles. The van der Waals surface area contributed by atoms with Crippen molar-refractivity contribution in [3.05, 3.63) is 0 Å². The van der Waals surface area contributed by atoms with Gasteiger partial charge in [-0.1, -0.05) is 0 Å². The van der Waals surface area contributed by atoms with Crippen molar-refractivity contribution in [3.63, 3.8) is 0 Å². The van der Waals surface area contributed by atoms with Crippen molar-refractivity contribution in [2.24, 2.45) is 5.92 Å². The number of carboxylic acids is 3. The van der Waals surface area contributed by atoms with Crippen LogP contribution < -0.4 is 0 Å². The molecule has 7 heteroatoms. The molecule has 0 aliphatic rings. The molecule has 0 spiro atoms. The summed E-state index contributed by atoms with van der Waals surface area (Å²) in [5, 5.41) is 26.6. The zero-order valence-electron chi connectivity index (χ0n) is 9.97. The zero-order chi connectivity index (χ0) is 13.6. The number of carboxylic acid groups (broad SMARTS) is 3. The summed E-state index contributed by atoms with van der Waals surface area (Å²) >= 11 is -3.68. The van der Waals surface area contributed by atoms with Gasteiger partial charge in [-0.2, -0.15) is 0 Å². The average molecular weight is 353 g/mol. The van der Waals surface area contributed by atoms with E-state index in [0.29, 0.717) is 4.44 Å². The summed E-state index contributed by atoms with van der Waals surface area (Å²) in [6, 6.07) is 0. The fraction of sp³-hybridized carbons (Fsp3) is 0.700. The molecule has 0 aromatic rings. The van der Waals surface area contributed by atoms with Crippen LogP contribution in [0.2, 0.25) is 17.7 Å². The molecule has 0 aliphatic carbocycles. The molecular formula is C10H18O6Sn. The summed E-state index contributed by atoms with van der Waals surface area (Å²) < 4.78 is -0.220. The Kier molecular flexibility index (Phi) is 6.51. The average Bonchev–Trinajstić information content (AvgIpc) is 1.95. The van der Waals surface area contributed by atoms with E-state index in [-0.39, 0.29) is 19.2 Å². The maximum absolute atomic E-state index is 10.8. The van der Waals surface area contributed by atoms with Crippen molar-refractivity contribution in [2.45, 2.75) is 31.6 Å². The molecule has 0 saturated heterocycles. The van der Waals surface area contributed by atoms with Gasteiger partial charge in [-0.25, -0.2) is 0 Å². The molecule has 98 valence electrons. The first kappa shape index (κ1) is 16.2. The van der Waals surface area contributed by atoms with Crippen molar-refractivity contribution in [1.29, 1.82) is 0 Å². The second-order valence-electron chi connectivity index (χ2n) is 4.81. The van der Waals surface area contributed by atoms with Gasteiger partial charge in [0.1, 0.15) is 0 Å². The van der Waals surface area contributed by atoms with Crippen LogP contribution in [0.5, 0.6) is 0 Å². The van der Waals surface area contributed by atoms with Gasteiger partial charge in [0.25, 0.3) is 0 Å². The Morgan fingerprint density at radius 1 is 0.882 bits per heavy atom. The number of rotatable bonds is 8. The van der Waals surface area contributed by atoms with Gasteiger partial charge in [0.05, 0.1) is 0 Å².